The van der Waals surface area contributed by atoms with Crippen LogP contribution in [0.5, 0.6) is 0 Å². The zero-order valence-electron chi connectivity index (χ0n) is 39.3. The van der Waals surface area contributed by atoms with Gasteiger partial charge in [0.05, 0.1) is 24.4 Å². The molecule has 8 aliphatic carbocycles. The van der Waals surface area contributed by atoms with Gasteiger partial charge in [0.2, 0.25) is 0 Å². The molecule has 0 aromatic rings. The van der Waals surface area contributed by atoms with E-state index in [0.29, 0.717) is 33.5 Å². The van der Waals surface area contributed by atoms with Crippen molar-refractivity contribution in [3.63, 3.8) is 0 Å². The van der Waals surface area contributed by atoms with Crippen LogP contribution in [0.1, 0.15) is 198 Å². The minimum absolute atomic E-state index is 0.0994. The van der Waals surface area contributed by atoms with Crippen LogP contribution in [-0.2, 0) is 0 Å². The molecule has 0 radical (unpaired) electrons. The van der Waals surface area contributed by atoms with Crippen LogP contribution in [0.3, 0.4) is 0 Å². The van der Waals surface area contributed by atoms with Crippen LogP contribution in [0.25, 0.3) is 0 Å². The van der Waals surface area contributed by atoms with Crippen molar-refractivity contribution in [3.8, 4) is 0 Å². The van der Waals surface area contributed by atoms with Gasteiger partial charge in [0.1, 0.15) is 0 Å². The summed E-state index contributed by atoms with van der Waals surface area (Å²) < 4.78 is 0. The standard InChI is InChI=1S/2C27H46O2/c2*1-17(2)25(29)11-6-18(3)22-9-10-23-21-8-7-19-16-20(28)12-14-26(19,4)24(21)13-15-27(22,23)5/h2*7,17-18,20-25,28-29H,6,8-16H2,1-5H3/t18-,20?,21+,22-,23+,24+,25?,26+,27-;18-,20+,21+,22-,23+,24+,25?,26+,27-/m11/s1. The molecule has 0 aliphatic heterocycles. The topological polar surface area (TPSA) is 80.9 Å². The molecular weight excluding hydrogens is 713 g/mol. The Morgan fingerprint density at radius 3 is 1.24 bits per heavy atom. The molecule has 4 heteroatoms. The fourth-order valence-electron chi connectivity index (χ4n) is 17.2. The highest BCUT2D eigenvalue weighted by Crippen LogP contribution is 2.69. The molecule has 8 rings (SSSR count). The molecular formula is C54H92O4. The number of rotatable bonds is 10. The number of aliphatic hydroxyl groups excluding tert-OH is 4. The Labute approximate surface area is 357 Å². The summed E-state index contributed by atoms with van der Waals surface area (Å²) in [6.45, 7) is 23.8. The first-order valence-electron chi connectivity index (χ1n) is 25.4. The molecule has 0 aromatic heterocycles. The summed E-state index contributed by atoms with van der Waals surface area (Å²) in [5, 5.41) is 41.0. The molecule has 0 heterocycles. The summed E-state index contributed by atoms with van der Waals surface area (Å²) in [4.78, 5) is 0. The van der Waals surface area contributed by atoms with Crippen LogP contribution >= 0.6 is 0 Å². The van der Waals surface area contributed by atoms with Gasteiger partial charge in [0, 0.05) is 0 Å². The smallest absolute Gasteiger partial charge is 0.0577 e. The Balaban J connectivity index is 0.000000177. The maximum Gasteiger partial charge on any atom is 0.0577 e. The van der Waals surface area contributed by atoms with E-state index in [2.05, 4.69) is 81.4 Å². The van der Waals surface area contributed by atoms with E-state index in [1.54, 1.807) is 11.1 Å². The second-order valence-corrected chi connectivity index (χ2v) is 24.5. The summed E-state index contributed by atoms with van der Waals surface area (Å²) in [6.07, 6.45) is 28.9. The quantitative estimate of drug-likeness (QED) is 0.166. The lowest BCUT2D eigenvalue weighted by atomic mass is 9.47. The van der Waals surface area contributed by atoms with Gasteiger partial charge in [-0.05, 0) is 221 Å². The van der Waals surface area contributed by atoms with Crippen molar-refractivity contribution in [2.24, 2.45) is 92.7 Å². The number of aliphatic hydroxyl groups is 4. The maximum atomic E-state index is 10.3. The largest absolute Gasteiger partial charge is 0.393 e. The van der Waals surface area contributed by atoms with Gasteiger partial charge < -0.3 is 20.4 Å². The Bertz CT molecular complexity index is 1360. The Morgan fingerprint density at radius 1 is 0.500 bits per heavy atom. The lowest BCUT2D eigenvalue weighted by Gasteiger charge is -2.58. The van der Waals surface area contributed by atoms with E-state index in [1.165, 1.54) is 89.9 Å². The van der Waals surface area contributed by atoms with Crippen molar-refractivity contribution in [2.45, 2.75) is 222 Å². The van der Waals surface area contributed by atoms with Gasteiger partial charge in [0.25, 0.3) is 0 Å². The third-order valence-corrected chi connectivity index (χ3v) is 21.1. The summed E-state index contributed by atoms with van der Waals surface area (Å²) >= 11 is 0. The van der Waals surface area contributed by atoms with Crippen LogP contribution < -0.4 is 0 Å². The normalized spacial score (nSPS) is 46.5. The van der Waals surface area contributed by atoms with E-state index in [1.807, 2.05) is 0 Å². The van der Waals surface area contributed by atoms with E-state index >= 15 is 0 Å². The first kappa shape index (κ1) is 45.3. The maximum absolute atomic E-state index is 10.3. The van der Waals surface area contributed by atoms with Gasteiger partial charge in [-0.2, -0.15) is 0 Å². The number of hydrogen-bond acceptors (Lipinski definition) is 4. The van der Waals surface area contributed by atoms with Gasteiger partial charge in [-0.1, -0.05) is 92.5 Å². The second-order valence-electron chi connectivity index (χ2n) is 24.5. The third-order valence-electron chi connectivity index (χ3n) is 21.1. The van der Waals surface area contributed by atoms with Crippen molar-refractivity contribution >= 4 is 0 Å². The lowest BCUT2D eigenvalue weighted by molar-refractivity contribution is -0.0579. The molecule has 4 N–H and O–H groups in total. The second kappa shape index (κ2) is 17.5. The minimum atomic E-state index is -0.137. The van der Waals surface area contributed by atoms with Gasteiger partial charge in [-0.25, -0.2) is 0 Å². The fraction of sp³-hybridized carbons (Fsp3) is 0.926. The first-order chi connectivity index (χ1) is 27.3. The summed E-state index contributed by atoms with van der Waals surface area (Å²) in [5.74, 6) is 9.02. The van der Waals surface area contributed by atoms with Crippen LogP contribution in [-0.4, -0.2) is 44.8 Å². The van der Waals surface area contributed by atoms with E-state index in [0.717, 1.165) is 97.7 Å². The molecule has 18 atom stereocenters. The fourth-order valence-corrected chi connectivity index (χ4v) is 17.2. The molecule has 58 heavy (non-hydrogen) atoms. The SMILES string of the molecule is CC(C)C(O)CC[C@@H](C)[C@H]1CC[C@H]2[C@@H]3CC=C4CC(O)CC[C@]4(C)[C@H]3CC[C@]12C.CC(C)C(O)CC[C@@H](C)[C@H]1CC[C@H]2[C@@H]3CC=C4C[C@@H](O)CC[C@]4(C)[C@H]3CC[C@]12C. The van der Waals surface area contributed by atoms with Gasteiger partial charge in [0.15, 0.2) is 0 Å². The zero-order valence-corrected chi connectivity index (χ0v) is 39.3. The Hall–Kier alpha value is -0.680. The number of fused-ring (bicyclic) bond motifs is 10. The first-order valence-corrected chi connectivity index (χ1v) is 25.4. The van der Waals surface area contributed by atoms with Crippen LogP contribution in [0, 0.1) is 92.7 Å². The van der Waals surface area contributed by atoms with E-state index in [4.69, 9.17) is 0 Å². The molecule has 0 amide bonds. The van der Waals surface area contributed by atoms with Crippen LogP contribution in [0.15, 0.2) is 23.3 Å². The summed E-state index contributed by atoms with van der Waals surface area (Å²) in [7, 11) is 0. The Kier molecular flexibility index (Phi) is 13.7. The van der Waals surface area contributed by atoms with E-state index in [9.17, 15) is 20.4 Å². The summed E-state index contributed by atoms with van der Waals surface area (Å²) in [6, 6.07) is 0. The average molecular weight is 805 g/mol. The third kappa shape index (κ3) is 8.17. The highest BCUT2D eigenvalue weighted by molar-refractivity contribution is 5.27. The minimum Gasteiger partial charge on any atom is -0.393 e. The van der Waals surface area contributed by atoms with E-state index in [-0.39, 0.29) is 24.4 Å². The molecule has 0 aromatic carbocycles. The monoisotopic (exact) mass is 805 g/mol. The molecule has 6 saturated carbocycles. The average Bonchev–Trinajstić information content (AvgIpc) is 3.73. The molecule has 0 spiro atoms. The molecule has 0 saturated heterocycles. The van der Waals surface area contributed by atoms with Gasteiger partial charge in [-0.15, -0.1) is 0 Å². The van der Waals surface area contributed by atoms with Gasteiger partial charge >= 0.3 is 0 Å². The van der Waals surface area contributed by atoms with Crippen molar-refractivity contribution in [3.05, 3.63) is 23.3 Å². The lowest BCUT2D eigenvalue weighted by Crippen LogP contribution is -2.50. The molecule has 3 unspecified atom stereocenters. The highest BCUT2D eigenvalue weighted by Gasteiger charge is 2.61. The predicted octanol–water partition coefficient (Wildman–Crippen LogP) is 12.7. The molecule has 6 fully saturated rings. The molecule has 4 nitrogen and oxygen atoms in total. The van der Waals surface area contributed by atoms with Crippen LogP contribution in [0.4, 0.5) is 0 Å². The Morgan fingerprint density at radius 2 is 0.879 bits per heavy atom. The van der Waals surface area contributed by atoms with Crippen molar-refractivity contribution in [1.82, 2.24) is 0 Å². The number of allylic oxidation sites excluding steroid dienone is 2. The molecule has 332 valence electrons. The molecule has 0 bridgehead atoms. The highest BCUT2D eigenvalue weighted by atomic mass is 16.3. The summed E-state index contributed by atoms with van der Waals surface area (Å²) in [5.41, 5.74) is 4.89. The van der Waals surface area contributed by atoms with Crippen molar-refractivity contribution in [2.75, 3.05) is 0 Å². The predicted molar refractivity (Wildman–Crippen MR) is 241 cm³/mol. The zero-order chi connectivity index (χ0) is 41.9. The molecule has 8 aliphatic rings. The van der Waals surface area contributed by atoms with Crippen LogP contribution in [0.2, 0.25) is 0 Å². The van der Waals surface area contributed by atoms with Gasteiger partial charge in [-0.3, -0.25) is 0 Å². The number of hydrogen-bond donors (Lipinski definition) is 4. The van der Waals surface area contributed by atoms with Crippen molar-refractivity contribution in [1.29, 1.82) is 0 Å². The van der Waals surface area contributed by atoms with E-state index < -0.39 is 0 Å². The van der Waals surface area contributed by atoms with Crippen molar-refractivity contribution < 1.29 is 20.4 Å².